The molecule has 0 spiro atoms. The number of rotatable bonds is 8. The molecule has 11 heteroatoms. The number of carbonyl (C=O) groups excluding carboxylic acids is 1. The molecule has 1 fully saturated rings. The summed E-state index contributed by atoms with van der Waals surface area (Å²) in [4.78, 5) is 17.5. The highest BCUT2D eigenvalue weighted by Crippen LogP contribution is 2.38. The van der Waals surface area contributed by atoms with E-state index >= 15 is 0 Å². The van der Waals surface area contributed by atoms with Crippen molar-refractivity contribution in [2.75, 3.05) is 46.4 Å². The summed E-state index contributed by atoms with van der Waals surface area (Å²) in [6, 6.07) is 8.32. The van der Waals surface area contributed by atoms with Crippen molar-refractivity contribution in [3.63, 3.8) is 0 Å². The second-order valence-electron chi connectivity index (χ2n) is 9.57. The molecule has 3 N–H and O–H groups in total. The molecule has 2 aromatic carbocycles. The van der Waals surface area contributed by atoms with Gasteiger partial charge in [-0.25, -0.2) is 4.39 Å². The van der Waals surface area contributed by atoms with E-state index in [1.54, 1.807) is 12.1 Å². The molecule has 2 heterocycles. The predicted molar refractivity (Wildman–Crippen MR) is 140 cm³/mol. The van der Waals surface area contributed by atoms with Gasteiger partial charge in [-0.2, -0.15) is 0 Å². The lowest BCUT2D eigenvalue weighted by Crippen LogP contribution is -2.43. The largest absolute Gasteiger partial charge is 0.508 e. The summed E-state index contributed by atoms with van der Waals surface area (Å²) < 4.78 is 14.2. The lowest BCUT2D eigenvalue weighted by molar-refractivity contribution is 0.0938. The van der Waals surface area contributed by atoms with Crippen molar-refractivity contribution in [3.05, 3.63) is 52.3 Å². The van der Waals surface area contributed by atoms with Crippen molar-refractivity contribution in [1.82, 2.24) is 29.9 Å². The summed E-state index contributed by atoms with van der Waals surface area (Å²) in [5.74, 6) is -0.802. The highest BCUT2D eigenvalue weighted by atomic mass is 35.5. The van der Waals surface area contributed by atoms with Gasteiger partial charge >= 0.3 is 0 Å². The van der Waals surface area contributed by atoms with Crippen LogP contribution in [0.1, 0.15) is 41.5 Å². The van der Waals surface area contributed by atoms with E-state index in [9.17, 15) is 19.4 Å². The molecular weight excluding hydrogens is 499 g/mol. The fourth-order valence-electron chi connectivity index (χ4n) is 4.38. The Balaban J connectivity index is 1.77. The number of aromatic hydroxyl groups is 2. The molecule has 0 unspecified atom stereocenters. The monoisotopic (exact) mass is 530 g/mol. The van der Waals surface area contributed by atoms with Crippen LogP contribution in [-0.4, -0.2) is 87.1 Å². The minimum Gasteiger partial charge on any atom is -0.508 e. The van der Waals surface area contributed by atoms with Crippen LogP contribution in [0.5, 0.6) is 11.5 Å². The first kappa shape index (κ1) is 26.8. The van der Waals surface area contributed by atoms with Crippen molar-refractivity contribution < 1.29 is 19.4 Å². The number of benzene rings is 2. The van der Waals surface area contributed by atoms with Gasteiger partial charge in [0.05, 0.1) is 11.3 Å². The van der Waals surface area contributed by atoms with Gasteiger partial charge in [-0.3, -0.25) is 14.3 Å². The first-order valence-corrected chi connectivity index (χ1v) is 12.6. The Morgan fingerprint density at radius 3 is 2.49 bits per heavy atom. The highest BCUT2D eigenvalue weighted by molar-refractivity contribution is 6.31. The van der Waals surface area contributed by atoms with Crippen LogP contribution in [0.3, 0.4) is 0 Å². The maximum absolute atomic E-state index is 12.9. The number of amides is 1. The Morgan fingerprint density at radius 1 is 1.11 bits per heavy atom. The van der Waals surface area contributed by atoms with E-state index < -0.39 is 12.6 Å². The zero-order valence-corrected chi connectivity index (χ0v) is 22.0. The predicted octanol–water partition coefficient (Wildman–Crippen LogP) is 3.57. The van der Waals surface area contributed by atoms with Crippen molar-refractivity contribution in [3.8, 4) is 28.6 Å². The zero-order chi connectivity index (χ0) is 26.7. The molecular formula is C26H32ClFN6O3. The molecule has 4 rings (SSSR count). The van der Waals surface area contributed by atoms with Gasteiger partial charge in [0, 0.05) is 50.4 Å². The highest BCUT2D eigenvalue weighted by Gasteiger charge is 2.25. The molecule has 1 saturated heterocycles. The number of piperazine rings is 1. The first-order valence-electron chi connectivity index (χ1n) is 12.2. The lowest BCUT2D eigenvalue weighted by atomic mass is 9.98. The van der Waals surface area contributed by atoms with Gasteiger partial charge in [-0.15, -0.1) is 10.2 Å². The van der Waals surface area contributed by atoms with Crippen LogP contribution in [0.25, 0.3) is 17.1 Å². The van der Waals surface area contributed by atoms with Crippen molar-refractivity contribution in [1.29, 1.82) is 0 Å². The number of aromatic nitrogens is 3. The summed E-state index contributed by atoms with van der Waals surface area (Å²) in [5.41, 5.74) is 2.35. The second kappa shape index (κ2) is 11.5. The van der Waals surface area contributed by atoms with E-state index in [4.69, 9.17) is 11.6 Å². The van der Waals surface area contributed by atoms with Gasteiger partial charge in [0.15, 0.2) is 5.82 Å². The molecule has 0 bridgehead atoms. The second-order valence-corrected chi connectivity index (χ2v) is 9.97. The standard InChI is InChI=1S/C26H32ClFN6O3/c1-16(2)19-13-20(23(36)14-22(19)35)24-30-31-25(26(37)29-7-6-28)34(24)18-5-4-17(21(27)12-18)15-33-10-8-32(3)9-11-33/h4-5,12-14,16,35-36H,6-11,15H2,1-3H3,(H,29,37). The summed E-state index contributed by atoms with van der Waals surface area (Å²) in [6.07, 6.45) is 0. The van der Waals surface area contributed by atoms with Crippen LogP contribution in [-0.2, 0) is 6.54 Å². The Bertz CT molecular complexity index is 1270. The maximum Gasteiger partial charge on any atom is 0.289 e. The van der Waals surface area contributed by atoms with Gasteiger partial charge in [-0.05, 0) is 42.3 Å². The molecule has 9 nitrogen and oxygen atoms in total. The van der Waals surface area contributed by atoms with Crippen molar-refractivity contribution in [2.45, 2.75) is 26.3 Å². The molecule has 0 radical (unpaired) electrons. The van der Waals surface area contributed by atoms with E-state index in [1.165, 1.54) is 10.6 Å². The number of hydrogen-bond donors (Lipinski definition) is 3. The Hall–Kier alpha value is -3.21. The average Bonchev–Trinajstić information content (AvgIpc) is 3.30. The molecule has 1 aromatic heterocycles. The quantitative estimate of drug-likeness (QED) is 0.409. The fourth-order valence-corrected chi connectivity index (χ4v) is 4.61. The van der Waals surface area contributed by atoms with Crippen LogP contribution >= 0.6 is 11.6 Å². The van der Waals surface area contributed by atoms with Gasteiger partial charge in [0.25, 0.3) is 5.91 Å². The van der Waals surface area contributed by atoms with Gasteiger partial charge in [0.1, 0.15) is 18.2 Å². The van der Waals surface area contributed by atoms with E-state index in [2.05, 4.69) is 32.4 Å². The number of nitrogens with zero attached hydrogens (tertiary/aromatic N) is 5. The minimum absolute atomic E-state index is 0.0358. The Morgan fingerprint density at radius 2 is 1.84 bits per heavy atom. The lowest BCUT2D eigenvalue weighted by Gasteiger charge is -2.32. The van der Waals surface area contributed by atoms with E-state index in [1.807, 2.05) is 26.0 Å². The van der Waals surface area contributed by atoms with Crippen molar-refractivity contribution >= 4 is 17.5 Å². The molecule has 3 aromatic rings. The fraction of sp³-hybridized carbons (Fsp3) is 0.423. The maximum atomic E-state index is 12.9. The van der Waals surface area contributed by atoms with E-state index in [0.29, 0.717) is 22.8 Å². The van der Waals surface area contributed by atoms with E-state index in [-0.39, 0.29) is 41.2 Å². The minimum atomic E-state index is -0.726. The zero-order valence-electron chi connectivity index (χ0n) is 21.2. The normalized spacial score (nSPS) is 14.9. The first-order chi connectivity index (χ1) is 17.7. The third kappa shape index (κ3) is 5.87. The number of carbonyl (C=O) groups is 1. The molecule has 0 atom stereocenters. The van der Waals surface area contributed by atoms with Crippen LogP contribution in [0.2, 0.25) is 5.02 Å². The number of alkyl halides is 1. The molecule has 1 aliphatic heterocycles. The molecule has 37 heavy (non-hydrogen) atoms. The Labute approximate surface area is 220 Å². The Kier molecular flexibility index (Phi) is 8.31. The average molecular weight is 531 g/mol. The summed E-state index contributed by atoms with van der Waals surface area (Å²) in [6.45, 7) is 7.50. The van der Waals surface area contributed by atoms with Crippen LogP contribution in [0.4, 0.5) is 4.39 Å². The van der Waals surface area contributed by atoms with Crippen LogP contribution in [0.15, 0.2) is 30.3 Å². The number of hydrogen-bond acceptors (Lipinski definition) is 7. The van der Waals surface area contributed by atoms with E-state index in [0.717, 1.165) is 31.7 Å². The SMILES string of the molecule is CC(C)c1cc(-c2nnc(C(=O)NCCF)n2-c2ccc(CN3CCN(C)CC3)c(Cl)c2)c(O)cc1O. The summed E-state index contributed by atoms with van der Waals surface area (Å²) in [7, 11) is 2.10. The summed E-state index contributed by atoms with van der Waals surface area (Å²) in [5, 5.41) is 32.2. The van der Waals surface area contributed by atoms with Crippen LogP contribution in [0, 0.1) is 0 Å². The molecule has 1 aliphatic rings. The number of halogens is 2. The molecule has 0 aliphatic carbocycles. The molecule has 0 saturated carbocycles. The molecule has 1 amide bonds. The topological polar surface area (TPSA) is 107 Å². The van der Waals surface area contributed by atoms with Gasteiger partial charge < -0.3 is 20.4 Å². The number of phenols is 2. The third-order valence-corrected chi connectivity index (χ3v) is 6.89. The smallest absolute Gasteiger partial charge is 0.289 e. The van der Waals surface area contributed by atoms with Gasteiger partial charge in [0.2, 0.25) is 5.82 Å². The number of likely N-dealkylation sites (N-methyl/N-ethyl adjacent to an activating group) is 1. The third-order valence-electron chi connectivity index (χ3n) is 6.54. The number of nitrogens with one attached hydrogen (secondary N) is 1. The molecule has 198 valence electrons. The van der Waals surface area contributed by atoms with Gasteiger partial charge in [-0.1, -0.05) is 31.5 Å². The van der Waals surface area contributed by atoms with Crippen LogP contribution < -0.4 is 5.32 Å². The summed E-state index contributed by atoms with van der Waals surface area (Å²) >= 11 is 6.70. The van der Waals surface area contributed by atoms with Crippen molar-refractivity contribution in [2.24, 2.45) is 0 Å². The number of phenolic OH excluding ortho intramolecular Hbond substituents is 2.